The largest absolute Gasteiger partial charge is 0.464 e. The molecule has 154 valence electrons. The molecular formula is C22H21FN4O2S. The fraction of sp³-hybridized carbons (Fsp3) is 0.227. The first kappa shape index (κ1) is 20.0. The van der Waals surface area contributed by atoms with Gasteiger partial charge in [0, 0.05) is 19.2 Å². The summed E-state index contributed by atoms with van der Waals surface area (Å²) in [4.78, 5) is 18.8. The third-order valence-corrected chi connectivity index (χ3v) is 5.33. The number of amides is 1. The normalized spacial score (nSPS) is 18.3. The zero-order valence-corrected chi connectivity index (χ0v) is 17.2. The highest BCUT2D eigenvalue weighted by Crippen LogP contribution is 2.39. The standard InChI is InChI=1S/C22H21FN4O2S/c1-14-9-10-18(29-14)21-20(17-8-4-5-12-24-17)26-22(30)27(21)13-11-19(28)25-16-7-3-2-6-15(16)23/h2-10,12,20-21H,11,13H2,1H3,(H,25,28)(H,26,30)/t20-,21-/m1/s1. The number of nitrogens with zero attached hydrogens (tertiary/aromatic N) is 2. The van der Waals surface area contributed by atoms with E-state index in [-0.39, 0.29) is 30.1 Å². The van der Waals surface area contributed by atoms with Gasteiger partial charge < -0.3 is 20.0 Å². The van der Waals surface area contributed by atoms with Crippen molar-refractivity contribution in [1.82, 2.24) is 15.2 Å². The zero-order valence-electron chi connectivity index (χ0n) is 16.3. The summed E-state index contributed by atoms with van der Waals surface area (Å²) in [6, 6.07) is 15.1. The summed E-state index contributed by atoms with van der Waals surface area (Å²) in [5.41, 5.74) is 0.992. The molecule has 1 fully saturated rings. The predicted octanol–water partition coefficient (Wildman–Crippen LogP) is 4.12. The lowest BCUT2D eigenvalue weighted by Crippen LogP contribution is -2.32. The number of anilines is 1. The Labute approximate surface area is 179 Å². The minimum absolute atomic E-state index is 0.140. The topological polar surface area (TPSA) is 70.4 Å². The zero-order chi connectivity index (χ0) is 21.1. The Morgan fingerprint density at radius 1 is 1.23 bits per heavy atom. The summed E-state index contributed by atoms with van der Waals surface area (Å²) in [7, 11) is 0. The number of nitrogens with one attached hydrogen (secondary N) is 2. The molecule has 0 radical (unpaired) electrons. The molecule has 4 rings (SSSR count). The molecule has 0 aliphatic carbocycles. The maximum atomic E-state index is 13.8. The van der Waals surface area contributed by atoms with Gasteiger partial charge in [0.05, 0.1) is 17.4 Å². The van der Waals surface area contributed by atoms with Crippen LogP contribution in [0.5, 0.6) is 0 Å². The van der Waals surface area contributed by atoms with Crippen LogP contribution in [0.3, 0.4) is 0 Å². The van der Waals surface area contributed by atoms with Gasteiger partial charge in [-0.3, -0.25) is 9.78 Å². The SMILES string of the molecule is Cc1ccc([C@@H]2[C@@H](c3ccccn3)NC(=S)N2CCC(=O)Nc2ccccc2F)o1. The van der Waals surface area contributed by atoms with Gasteiger partial charge in [-0.25, -0.2) is 4.39 Å². The van der Waals surface area contributed by atoms with Crippen LogP contribution in [-0.4, -0.2) is 27.4 Å². The lowest BCUT2D eigenvalue weighted by Gasteiger charge is -2.25. The second kappa shape index (κ2) is 8.62. The first-order valence-corrected chi connectivity index (χ1v) is 10.0. The number of aryl methyl sites for hydroxylation is 1. The molecule has 8 heteroatoms. The molecule has 6 nitrogen and oxygen atoms in total. The Hall–Kier alpha value is -3.26. The van der Waals surface area contributed by atoms with Gasteiger partial charge in [-0.2, -0.15) is 0 Å². The van der Waals surface area contributed by atoms with Crippen molar-refractivity contribution in [3.63, 3.8) is 0 Å². The molecule has 1 aromatic carbocycles. The van der Waals surface area contributed by atoms with Gasteiger partial charge in [0.25, 0.3) is 0 Å². The number of halogens is 1. The number of hydrogen-bond donors (Lipinski definition) is 2. The second-order valence-corrected chi connectivity index (χ2v) is 7.43. The quantitative estimate of drug-likeness (QED) is 0.580. The number of hydrogen-bond acceptors (Lipinski definition) is 4. The first-order valence-electron chi connectivity index (χ1n) is 9.61. The van der Waals surface area contributed by atoms with Crippen LogP contribution >= 0.6 is 12.2 Å². The summed E-state index contributed by atoms with van der Waals surface area (Å²) in [5, 5.41) is 6.43. The van der Waals surface area contributed by atoms with E-state index in [1.165, 1.54) is 12.1 Å². The van der Waals surface area contributed by atoms with Gasteiger partial charge in [0.1, 0.15) is 23.4 Å². The molecule has 0 spiro atoms. The van der Waals surface area contributed by atoms with Crippen molar-refractivity contribution in [2.24, 2.45) is 0 Å². The molecular weight excluding hydrogens is 403 g/mol. The van der Waals surface area contributed by atoms with Crippen LogP contribution in [0.2, 0.25) is 0 Å². The number of benzene rings is 1. The van der Waals surface area contributed by atoms with Crippen LogP contribution in [0, 0.1) is 12.7 Å². The highest BCUT2D eigenvalue weighted by molar-refractivity contribution is 7.80. The predicted molar refractivity (Wildman–Crippen MR) is 115 cm³/mol. The van der Waals surface area contributed by atoms with Crippen LogP contribution in [0.15, 0.2) is 65.2 Å². The number of para-hydroxylation sites is 1. The van der Waals surface area contributed by atoms with Crippen LogP contribution in [-0.2, 0) is 4.79 Å². The van der Waals surface area contributed by atoms with Crippen molar-refractivity contribution in [2.45, 2.75) is 25.4 Å². The van der Waals surface area contributed by atoms with E-state index in [1.807, 2.05) is 42.2 Å². The average Bonchev–Trinajstić information content (AvgIpc) is 3.31. The monoisotopic (exact) mass is 424 g/mol. The highest BCUT2D eigenvalue weighted by Gasteiger charge is 2.41. The van der Waals surface area contributed by atoms with Crippen molar-refractivity contribution in [1.29, 1.82) is 0 Å². The fourth-order valence-electron chi connectivity index (χ4n) is 3.56. The van der Waals surface area contributed by atoms with Crippen LogP contribution in [0.4, 0.5) is 10.1 Å². The molecule has 2 atom stereocenters. The number of aromatic nitrogens is 1. The van der Waals surface area contributed by atoms with Crippen molar-refractivity contribution < 1.29 is 13.6 Å². The van der Waals surface area contributed by atoms with Crippen LogP contribution < -0.4 is 10.6 Å². The average molecular weight is 425 g/mol. The summed E-state index contributed by atoms with van der Waals surface area (Å²) in [6.45, 7) is 2.23. The smallest absolute Gasteiger partial charge is 0.226 e. The molecule has 1 aliphatic heterocycles. The second-order valence-electron chi connectivity index (χ2n) is 7.05. The molecule has 1 aliphatic rings. The van der Waals surface area contributed by atoms with Crippen LogP contribution in [0.25, 0.3) is 0 Å². The summed E-state index contributed by atoms with van der Waals surface area (Å²) in [6.07, 6.45) is 1.87. The van der Waals surface area contributed by atoms with E-state index < -0.39 is 5.82 Å². The number of carbonyl (C=O) groups is 1. The molecule has 3 heterocycles. The lowest BCUT2D eigenvalue weighted by atomic mass is 10.0. The van der Waals surface area contributed by atoms with E-state index in [9.17, 15) is 9.18 Å². The van der Waals surface area contributed by atoms with Crippen molar-refractivity contribution in [3.8, 4) is 0 Å². The minimum atomic E-state index is -0.469. The van der Waals surface area contributed by atoms with Gasteiger partial charge in [-0.15, -0.1) is 0 Å². The van der Waals surface area contributed by atoms with Gasteiger partial charge in [-0.05, 0) is 55.5 Å². The Morgan fingerprint density at radius 2 is 2.03 bits per heavy atom. The maximum absolute atomic E-state index is 13.8. The first-order chi connectivity index (χ1) is 14.5. The van der Waals surface area contributed by atoms with Gasteiger partial charge >= 0.3 is 0 Å². The fourth-order valence-corrected chi connectivity index (χ4v) is 3.90. The van der Waals surface area contributed by atoms with E-state index in [0.29, 0.717) is 11.7 Å². The van der Waals surface area contributed by atoms with Gasteiger partial charge in [0.2, 0.25) is 5.91 Å². The minimum Gasteiger partial charge on any atom is -0.464 e. The van der Waals surface area contributed by atoms with Gasteiger partial charge in [-0.1, -0.05) is 18.2 Å². The summed E-state index contributed by atoms with van der Waals surface area (Å²) < 4.78 is 19.7. The number of pyridine rings is 1. The maximum Gasteiger partial charge on any atom is 0.226 e. The van der Waals surface area contributed by atoms with E-state index in [4.69, 9.17) is 16.6 Å². The number of furan rings is 1. The summed E-state index contributed by atoms with van der Waals surface area (Å²) >= 11 is 5.56. The Balaban J connectivity index is 1.52. The lowest BCUT2D eigenvalue weighted by molar-refractivity contribution is -0.116. The van der Waals surface area contributed by atoms with E-state index >= 15 is 0 Å². The Bertz CT molecular complexity index is 1060. The molecule has 30 heavy (non-hydrogen) atoms. The molecule has 1 saturated heterocycles. The molecule has 2 aromatic heterocycles. The molecule has 0 saturated carbocycles. The highest BCUT2D eigenvalue weighted by atomic mass is 32.1. The molecule has 0 bridgehead atoms. The number of rotatable bonds is 6. The molecule has 1 amide bonds. The molecule has 3 aromatic rings. The van der Waals surface area contributed by atoms with Crippen LogP contribution in [0.1, 0.15) is 35.7 Å². The molecule has 0 unspecified atom stereocenters. The summed E-state index contributed by atoms with van der Waals surface area (Å²) in [5.74, 6) is 0.770. The Kier molecular flexibility index (Phi) is 5.76. The third-order valence-electron chi connectivity index (χ3n) is 4.98. The van der Waals surface area contributed by atoms with Crippen molar-refractivity contribution >= 4 is 28.9 Å². The number of thiocarbonyl (C=S) groups is 1. The van der Waals surface area contributed by atoms with E-state index in [0.717, 1.165) is 17.2 Å². The van der Waals surface area contributed by atoms with Gasteiger partial charge in [0.15, 0.2) is 5.11 Å². The molecule has 2 N–H and O–H groups in total. The third kappa shape index (κ3) is 4.18. The Morgan fingerprint density at radius 3 is 2.73 bits per heavy atom. The number of carbonyl (C=O) groups excluding carboxylic acids is 1. The van der Waals surface area contributed by atoms with Crippen molar-refractivity contribution in [2.75, 3.05) is 11.9 Å². The van der Waals surface area contributed by atoms with E-state index in [1.54, 1.807) is 18.3 Å². The van der Waals surface area contributed by atoms with Crippen molar-refractivity contribution in [3.05, 3.63) is 83.8 Å². The van der Waals surface area contributed by atoms with E-state index in [2.05, 4.69) is 15.6 Å².